The van der Waals surface area contributed by atoms with E-state index in [1.165, 1.54) is 7.11 Å². The highest BCUT2D eigenvalue weighted by molar-refractivity contribution is 6.00. The number of methoxy groups -OCH3 is 1. The molecule has 1 aromatic carbocycles. The predicted molar refractivity (Wildman–Crippen MR) is 114 cm³/mol. The van der Waals surface area contributed by atoms with Gasteiger partial charge in [0.1, 0.15) is 18.7 Å². The lowest BCUT2D eigenvalue weighted by Crippen LogP contribution is -2.52. The van der Waals surface area contributed by atoms with Crippen molar-refractivity contribution in [1.82, 2.24) is 16.0 Å². The molecule has 0 aliphatic rings. The molecule has 1 aromatic rings. The van der Waals surface area contributed by atoms with Crippen LogP contribution in [0.15, 0.2) is 42.6 Å². The van der Waals surface area contributed by atoms with Gasteiger partial charge in [-0.05, 0) is 17.4 Å². The van der Waals surface area contributed by atoms with Gasteiger partial charge in [-0.1, -0.05) is 64.6 Å². The number of hydrogen-bond acceptors (Lipinski definition) is 6. The summed E-state index contributed by atoms with van der Waals surface area (Å²) in [4.78, 5) is 48.9. The summed E-state index contributed by atoms with van der Waals surface area (Å²) in [6.45, 7) is 10.5. The Morgan fingerprint density at radius 1 is 0.935 bits per heavy atom. The number of rotatable bonds is 10. The molecule has 31 heavy (non-hydrogen) atoms. The monoisotopic (exact) mass is 433 g/mol. The van der Waals surface area contributed by atoms with E-state index in [2.05, 4.69) is 27.3 Å². The number of carbonyl (C=O) groups excluding carboxylic acids is 4. The lowest BCUT2D eigenvalue weighted by molar-refractivity contribution is -0.146. The van der Waals surface area contributed by atoms with Crippen molar-refractivity contribution < 1.29 is 28.7 Å². The summed E-state index contributed by atoms with van der Waals surface area (Å²) in [6.07, 6.45) is -0.765. The number of amides is 3. The van der Waals surface area contributed by atoms with Crippen LogP contribution in [-0.4, -0.2) is 43.1 Å². The summed E-state index contributed by atoms with van der Waals surface area (Å²) in [5.74, 6) is -2.49. The fourth-order valence-corrected chi connectivity index (χ4v) is 2.56. The first-order chi connectivity index (χ1) is 14.6. The molecule has 1 rings (SSSR count). The molecule has 0 heterocycles. The van der Waals surface area contributed by atoms with Gasteiger partial charge < -0.3 is 25.4 Å². The summed E-state index contributed by atoms with van der Waals surface area (Å²) in [7, 11) is 1.22. The second-order valence-electron chi connectivity index (χ2n) is 7.61. The fraction of sp³-hybridized carbons (Fsp3) is 0.455. The van der Waals surface area contributed by atoms with Crippen LogP contribution in [0.2, 0.25) is 0 Å². The third kappa shape index (κ3) is 8.49. The zero-order valence-electron chi connectivity index (χ0n) is 18.6. The van der Waals surface area contributed by atoms with Crippen LogP contribution in [-0.2, 0) is 30.5 Å². The first-order valence-electron chi connectivity index (χ1n) is 9.92. The average molecular weight is 434 g/mol. The lowest BCUT2D eigenvalue weighted by Gasteiger charge is -2.23. The van der Waals surface area contributed by atoms with E-state index in [0.29, 0.717) is 0 Å². The number of benzene rings is 1. The van der Waals surface area contributed by atoms with Crippen LogP contribution in [0.4, 0.5) is 4.79 Å². The minimum absolute atomic E-state index is 0.0539. The topological polar surface area (TPSA) is 123 Å². The third-order valence-electron chi connectivity index (χ3n) is 4.39. The van der Waals surface area contributed by atoms with Crippen molar-refractivity contribution in [3.8, 4) is 0 Å². The molecule has 0 radical (unpaired) electrons. The largest absolute Gasteiger partial charge is 0.467 e. The number of alkyl carbamates (subject to hydrolysis) is 1. The van der Waals surface area contributed by atoms with Crippen LogP contribution in [0, 0.1) is 11.8 Å². The number of esters is 1. The summed E-state index contributed by atoms with van der Waals surface area (Å²) in [5.41, 5.74) is 0.545. The van der Waals surface area contributed by atoms with Crippen molar-refractivity contribution >= 4 is 23.9 Å². The lowest BCUT2D eigenvalue weighted by atomic mass is 10.0. The number of carbonyl (C=O) groups is 4. The first-order valence-corrected chi connectivity index (χ1v) is 9.92. The van der Waals surface area contributed by atoms with Gasteiger partial charge in [0.15, 0.2) is 0 Å². The Kier molecular flexibility index (Phi) is 10.2. The van der Waals surface area contributed by atoms with Crippen molar-refractivity contribution in [2.75, 3.05) is 7.11 Å². The van der Waals surface area contributed by atoms with E-state index < -0.39 is 36.0 Å². The maximum absolute atomic E-state index is 12.6. The molecule has 0 saturated carbocycles. The van der Waals surface area contributed by atoms with Crippen molar-refractivity contribution in [3.05, 3.63) is 48.2 Å². The van der Waals surface area contributed by atoms with Crippen LogP contribution < -0.4 is 16.0 Å². The van der Waals surface area contributed by atoms with Gasteiger partial charge in [0.2, 0.25) is 5.91 Å². The van der Waals surface area contributed by atoms with E-state index in [-0.39, 0.29) is 24.1 Å². The first kappa shape index (κ1) is 25.7. The van der Waals surface area contributed by atoms with Gasteiger partial charge in [-0.3, -0.25) is 9.59 Å². The summed E-state index contributed by atoms with van der Waals surface area (Å²) in [6, 6.07) is 7.25. The SMILES string of the molecule is C=C(NC(=O)[C@@H](NC(=O)OCc1ccccc1)C(C)C)C(=O)N[C@H](C(=O)OC)C(C)C. The number of nitrogens with one attached hydrogen (secondary N) is 3. The second kappa shape index (κ2) is 12.4. The molecular weight excluding hydrogens is 402 g/mol. The van der Waals surface area contributed by atoms with Crippen LogP contribution in [0.3, 0.4) is 0 Å². The highest BCUT2D eigenvalue weighted by Crippen LogP contribution is 2.07. The molecule has 3 amide bonds. The van der Waals surface area contributed by atoms with Crippen LogP contribution in [0.25, 0.3) is 0 Å². The van der Waals surface area contributed by atoms with Crippen molar-refractivity contribution in [3.63, 3.8) is 0 Å². The van der Waals surface area contributed by atoms with E-state index in [0.717, 1.165) is 5.56 Å². The van der Waals surface area contributed by atoms with Crippen LogP contribution in [0.1, 0.15) is 33.3 Å². The van der Waals surface area contributed by atoms with Crippen molar-refractivity contribution in [2.24, 2.45) is 11.8 Å². The summed E-state index contributed by atoms with van der Waals surface area (Å²) >= 11 is 0. The van der Waals surface area contributed by atoms with Crippen LogP contribution >= 0.6 is 0 Å². The quantitative estimate of drug-likeness (QED) is 0.382. The van der Waals surface area contributed by atoms with Crippen LogP contribution in [0.5, 0.6) is 0 Å². The Morgan fingerprint density at radius 2 is 1.52 bits per heavy atom. The maximum Gasteiger partial charge on any atom is 0.408 e. The van der Waals surface area contributed by atoms with Crippen molar-refractivity contribution in [1.29, 1.82) is 0 Å². The van der Waals surface area contributed by atoms with E-state index in [1.54, 1.807) is 39.8 Å². The van der Waals surface area contributed by atoms with Gasteiger partial charge in [0.05, 0.1) is 12.8 Å². The minimum atomic E-state index is -0.964. The zero-order valence-corrected chi connectivity index (χ0v) is 18.6. The van der Waals surface area contributed by atoms with Gasteiger partial charge >= 0.3 is 12.1 Å². The van der Waals surface area contributed by atoms with E-state index in [9.17, 15) is 19.2 Å². The normalized spacial score (nSPS) is 12.5. The molecule has 0 fully saturated rings. The zero-order chi connectivity index (χ0) is 23.6. The van der Waals surface area contributed by atoms with Gasteiger partial charge in [-0.25, -0.2) is 9.59 Å². The van der Waals surface area contributed by atoms with Gasteiger partial charge in [0, 0.05) is 0 Å². The minimum Gasteiger partial charge on any atom is -0.467 e. The predicted octanol–water partition coefficient (Wildman–Crippen LogP) is 1.88. The molecule has 0 unspecified atom stereocenters. The average Bonchev–Trinajstić information content (AvgIpc) is 2.73. The molecule has 9 nitrogen and oxygen atoms in total. The standard InChI is InChI=1S/C22H31N3O6/c1-13(2)17(25-22(29)31-12-16-10-8-7-9-11-16)20(27)23-15(5)19(26)24-18(14(3)4)21(28)30-6/h7-11,13-14,17-18H,5,12H2,1-4,6H3,(H,23,27)(H,24,26)(H,25,29)/t17-,18-/m0/s1. The van der Waals surface area contributed by atoms with Gasteiger partial charge in [-0.15, -0.1) is 0 Å². The highest BCUT2D eigenvalue weighted by Gasteiger charge is 2.29. The number of hydrogen-bond donors (Lipinski definition) is 3. The van der Waals surface area contributed by atoms with E-state index in [4.69, 9.17) is 4.74 Å². The molecular formula is C22H31N3O6. The van der Waals surface area contributed by atoms with Gasteiger partial charge in [-0.2, -0.15) is 0 Å². The molecule has 0 spiro atoms. The fourth-order valence-electron chi connectivity index (χ4n) is 2.56. The molecule has 0 aliphatic heterocycles. The van der Waals surface area contributed by atoms with Gasteiger partial charge in [0.25, 0.3) is 5.91 Å². The molecule has 0 aliphatic carbocycles. The molecule has 9 heteroatoms. The Bertz CT molecular complexity index is 792. The second-order valence-corrected chi connectivity index (χ2v) is 7.61. The summed E-state index contributed by atoms with van der Waals surface area (Å²) in [5, 5.41) is 7.35. The highest BCUT2D eigenvalue weighted by atomic mass is 16.5. The Balaban J connectivity index is 2.67. The molecule has 0 saturated heterocycles. The van der Waals surface area contributed by atoms with E-state index >= 15 is 0 Å². The molecule has 170 valence electrons. The third-order valence-corrected chi connectivity index (χ3v) is 4.39. The Labute approximate surface area is 182 Å². The molecule has 0 bridgehead atoms. The summed E-state index contributed by atoms with van der Waals surface area (Å²) < 4.78 is 9.82. The molecule has 3 N–H and O–H groups in total. The van der Waals surface area contributed by atoms with Crippen molar-refractivity contribution in [2.45, 2.75) is 46.4 Å². The maximum atomic E-state index is 12.6. The smallest absolute Gasteiger partial charge is 0.408 e. The molecule has 2 atom stereocenters. The number of ether oxygens (including phenoxy) is 2. The van der Waals surface area contributed by atoms with E-state index in [1.807, 2.05) is 18.2 Å². The Morgan fingerprint density at radius 3 is 2.03 bits per heavy atom. The Hall–Kier alpha value is -3.36. The molecule has 0 aromatic heterocycles.